The van der Waals surface area contributed by atoms with Crippen LogP contribution >= 0.6 is 0 Å². The smallest absolute Gasteiger partial charge is 0.336 e. The van der Waals surface area contributed by atoms with Gasteiger partial charge in [0.05, 0.1) is 39.1 Å². The number of carboxylic acids is 1. The molecule has 14 nitrogen and oxygen atoms in total. The molecular formula is C16H14N4O10VY-2. The van der Waals surface area contributed by atoms with Gasteiger partial charge in [0.1, 0.15) is 6.61 Å². The Morgan fingerprint density at radius 2 is 1.53 bits per heavy atom. The van der Waals surface area contributed by atoms with Crippen LogP contribution < -0.4 is 0 Å². The van der Waals surface area contributed by atoms with E-state index in [0.29, 0.717) is 5.56 Å². The van der Waals surface area contributed by atoms with Gasteiger partial charge in [-0.2, -0.15) is 0 Å². The van der Waals surface area contributed by atoms with Gasteiger partial charge in [0.15, 0.2) is 0 Å². The zero-order valence-corrected chi connectivity index (χ0v) is 20.2. The van der Waals surface area contributed by atoms with E-state index in [-0.39, 0.29) is 75.7 Å². The molecule has 0 bridgehead atoms. The zero-order valence-electron chi connectivity index (χ0n) is 16.0. The van der Waals surface area contributed by atoms with Crippen LogP contribution in [0.3, 0.4) is 0 Å². The van der Waals surface area contributed by atoms with E-state index in [2.05, 4.69) is 9.73 Å². The SMILES string of the molecule is [NH-]C(=O)c1c(C(=O)O)cccc1[N+](=O)[O-].[NH-]OCc1c(COO)cccc1[N+](=O)[O-].[V].[Y]. The largest absolute Gasteiger partial charge is 0.663 e. The van der Waals surface area contributed by atoms with Crippen molar-refractivity contribution in [2.45, 2.75) is 13.2 Å². The predicted molar refractivity (Wildman–Crippen MR) is 98.3 cm³/mol. The van der Waals surface area contributed by atoms with E-state index in [1.807, 2.05) is 0 Å². The van der Waals surface area contributed by atoms with Crippen LogP contribution in [0.5, 0.6) is 0 Å². The number of nitrogens with one attached hydrogen (secondary N) is 2. The molecule has 2 radical (unpaired) electrons. The van der Waals surface area contributed by atoms with Crippen molar-refractivity contribution < 1.29 is 90.8 Å². The summed E-state index contributed by atoms with van der Waals surface area (Å²) in [5.41, 5.74) is 5.36. The number of carboxylic acid groups (broad SMARTS) is 1. The molecule has 0 saturated carbocycles. The number of aromatic carboxylic acids is 1. The number of nitro groups is 2. The molecule has 32 heavy (non-hydrogen) atoms. The summed E-state index contributed by atoms with van der Waals surface area (Å²) in [4.78, 5) is 49.1. The summed E-state index contributed by atoms with van der Waals surface area (Å²) in [7, 11) is 0. The van der Waals surface area contributed by atoms with Crippen molar-refractivity contribution in [2.24, 2.45) is 0 Å². The number of carbonyl (C=O) groups is 2. The number of carbonyl (C=O) groups excluding carboxylic acids is 1. The molecule has 4 N–H and O–H groups in total. The Kier molecular flexibility index (Phi) is 15.4. The van der Waals surface area contributed by atoms with E-state index in [9.17, 15) is 29.8 Å². The van der Waals surface area contributed by atoms with Crippen LogP contribution in [0.1, 0.15) is 31.8 Å². The summed E-state index contributed by atoms with van der Waals surface area (Å²) in [6, 6.07) is 7.49. The van der Waals surface area contributed by atoms with Crippen molar-refractivity contribution in [1.82, 2.24) is 0 Å². The summed E-state index contributed by atoms with van der Waals surface area (Å²) in [5, 5.41) is 38.1. The van der Waals surface area contributed by atoms with Crippen LogP contribution in [-0.2, 0) is 74.2 Å². The molecule has 0 aliphatic carbocycles. The van der Waals surface area contributed by atoms with Crippen LogP contribution in [0.4, 0.5) is 11.4 Å². The average Bonchev–Trinajstić information content (AvgIpc) is 2.69. The van der Waals surface area contributed by atoms with Crippen molar-refractivity contribution in [1.29, 1.82) is 0 Å². The molecule has 2 rings (SSSR count). The van der Waals surface area contributed by atoms with Crippen molar-refractivity contribution in [3.05, 3.63) is 90.5 Å². The summed E-state index contributed by atoms with van der Waals surface area (Å²) in [6.07, 6.45) is 0. The molecule has 168 valence electrons. The molecule has 0 fully saturated rings. The maximum atomic E-state index is 10.8. The molecule has 16 heteroatoms. The average molecular weight is 562 g/mol. The first-order chi connectivity index (χ1) is 14.1. The van der Waals surface area contributed by atoms with Gasteiger partial charge in [0.25, 0.3) is 11.4 Å². The topological polar surface area (TPSA) is 227 Å². The monoisotopic (exact) mass is 562 g/mol. The number of hydrogen-bond acceptors (Lipinski definition) is 9. The van der Waals surface area contributed by atoms with Crippen molar-refractivity contribution in [3.63, 3.8) is 0 Å². The normalized spacial score (nSPS) is 9.31. The Balaban J connectivity index is 0. The van der Waals surface area contributed by atoms with Crippen molar-refractivity contribution in [3.8, 4) is 0 Å². The fourth-order valence-electron chi connectivity index (χ4n) is 2.34. The van der Waals surface area contributed by atoms with E-state index in [0.717, 1.165) is 18.2 Å². The molecule has 1 amide bonds. The number of nitro benzene ring substituents is 2. The quantitative estimate of drug-likeness (QED) is 0.270. The molecule has 0 aromatic heterocycles. The summed E-state index contributed by atoms with van der Waals surface area (Å²) < 4.78 is 0. The first-order valence-electron chi connectivity index (χ1n) is 7.72. The van der Waals surface area contributed by atoms with Gasteiger partial charge < -0.3 is 26.4 Å². The second-order valence-electron chi connectivity index (χ2n) is 5.33. The van der Waals surface area contributed by atoms with Crippen LogP contribution in [0, 0.1) is 20.2 Å². The first kappa shape index (κ1) is 31.9. The number of rotatable bonds is 8. The van der Waals surface area contributed by atoms with Gasteiger partial charge in [-0.3, -0.25) is 25.5 Å². The summed E-state index contributed by atoms with van der Waals surface area (Å²) in [5.74, 6) is 3.71. The number of hydrogen-bond donors (Lipinski definition) is 2. The molecular weight excluding hydrogens is 548 g/mol. The van der Waals surface area contributed by atoms with Crippen molar-refractivity contribution >= 4 is 23.3 Å². The fourth-order valence-corrected chi connectivity index (χ4v) is 2.34. The van der Waals surface area contributed by atoms with Gasteiger partial charge in [-0.1, -0.05) is 18.2 Å². The molecule has 0 spiro atoms. The molecule has 2 aromatic rings. The van der Waals surface area contributed by atoms with Gasteiger partial charge >= 0.3 is 5.97 Å². The second-order valence-corrected chi connectivity index (χ2v) is 5.33. The maximum absolute atomic E-state index is 10.8. The van der Waals surface area contributed by atoms with Crippen LogP contribution in [0.2, 0.25) is 0 Å². The van der Waals surface area contributed by atoms with Crippen LogP contribution in [0.25, 0.3) is 11.6 Å². The Bertz CT molecular complexity index is 944. The predicted octanol–water partition coefficient (Wildman–Crippen LogP) is 3.55. The Morgan fingerprint density at radius 3 is 1.97 bits per heavy atom. The number of amides is 1. The van der Waals surface area contributed by atoms with E-state index in [4.69, 9.17) is 22.0 Å². The molecule has 0 aliphatic heterocycles. The molecule has 2 aromatic carbocycles. The molecule has 0 unspecified atom stereocenters. The first-order valence-corrected chi connectivity index (χ1v) is 7.72. The van der Waals surface area contributed by atoms with Crippen molar-refractivity contribution in [2.75, 3.05) is 0 Å². The van der Waals surface area contributed by atoms with Crippen LogP contribution in [0.15, 0.2) is 36.4 Å². The Hall–Kier alpha value is -2.29. The molecule has 0 heterocycles. The van der Waals surface area contributed by atoms with Gasteiger partial charge in [-0.25, -0.2) is 9.68 Å². The van der Waals surface area contributed by atoms with E-state index >= 15 is 0 Å². The standard InChI is InChI=1S/C8H9N2O5.C8H6N2O5.V.Y/c9-14-5-7-6(4-15-13)2-1-3-8(7)10(11)12;9-7(11)6-4(8(12)13)2-1-3-5(6)10(14)15;;/h1-3,9,13H,4-5H2;1-3H,(H3,9,11,12,13);;/q-1;;;/p-1. The Morgan fingerprint density at radius 1 is 1.00 bits per heavy atom. The minimum atomic E-state index is -1.48. The van der Waals surface area contributed by atoms with Gasteiger partial charge in [0, 0.05) is 63.4 Å². The molecule has 0 aliphatic rings. The third-order valence-electron chi connectivity index (χ3n) is 3.58. The Labute approximate surface area is 216 Å². The summed E-state index contributed by atoms with van der Waals surface area (Å²) in [6.45, 7) is -0.407. The number of nitrogens with zero attached hydrogens (tertiary/aromatic N) is 2. The van der Waals surface area contributed by atoms with Gasteiger partial charge in [0.2, 0.25) is 0 Å². The third-order valence-corrected chi connectivity index (χ3v) is 3.58. The molecule has 0 atom stereocenters. The van der Waals surface area contributed by atoms with Crippen LogP contribution in [-0.4, -0.2) is 32.1 Å². The fraction of sp³-hybridized carbons (Fsp3) is 0.125. The summed E-state index contributed by atoms with van der Waals surface area (Å²) >= 11 is 0. The minimum absolute atomic E-state index is 0. The third kappa shape index (κ3) is 8.68. The minimum Gasteiger partial charge on any atom is -0.663 e. The molecule has 0 saturated heterocycles. The second kappa shape index (κ2) is 15.5. The van der Waals surface area contributed by atoms with E-state index in [1.54, 1.807) is 6.07 Å². The van der Waals surface area contributed by atoms with E-state index < -0.39 is 38.5 Å². The zero-order chi connectivity index (χ0) is 22.8. The maximum Gasteiger partial charge on any atom is 0.336 e. The van der Waals surface area contributed by atoms with Gasteiger partial charge in [-0.15, -0.1) is 0 Å². The number of benzene rings is 2. The van der Waals surface area contributed by atoms with Gasteiger partial charge in [-0.05, 0) is 11.6 Å². The van der Waals surface area contributed by atoms with E-state index in [1.165, 1.54) is 12.1 Å².